The number of aliphatic hydroxyl groups excluding tert-OH is 1. The Morgan fingerprint density at radius 1 is 1.30 bits per heavy atom. The summed E-state index contributed by atoms with van der Waals surface area (Å²) in [5.41, 5.74) is -0.432. The van der Waals surface area contributed by atoms with Gasteiger partial charge in [0.05, 0.1) is 19.8 Å². The van der Waals surface area contributed by atoms with Crippen molar-refractivity contribution in [3.05, 3.63) is 0 Å². The number of carbonyl (C=O) groups is 1. The number of hydrogen-bond donors (Lipinski definition) is 2. The number of amides is 1. The molecule has 1 amide bonds. The summed E-state index contributed by atoms with van der Waals surface area (Å²) in [5.74, 6) is 1.06. The van der Waals surface area contributed by atoms with Crippen LogP contribution in [0.1, 0.15) is 41.0 Å². The predicted octanol–water partition coefficient (Wildman–Crippen LogP) is 1.87. The van der Waals surface area contributed by atoms with E-state index in [4.69, 9.17) is 14.6 Å². The molecule has 0 radical (unpaired) electrons. The summed E-state index contributed by atoms with van der Waals surface area (Å²) in [6, 6.07) is 0.415. The van der Waals surface area contributed by atoms with Crippen LogP contribution in [0.4, 0.5) is 4.79 Å². The first kappa shape index (κ1) is 20.2. The van der Waals surface area contributed by atoms with Crippen LogP contribution in [0.15, 0.2) is 0 Å². The smallest absolute Gasteiger partial charge is 0.410 e. The van der Waals surface area contributed by atoms with Gasteiger partial charge in [-0.25, -0.2) is 4.79 Å². The summed E-state index contributed by atoms with van der Waals surface area (Å²) in [4.78, 5) is 13.7. The number of rotatable bonds is 9. The van der Waals surface area contributed by atoms with Crippen LogP contribution in [0.25, 0.3) is 0 Å². The highest BCUT2D eigenvalue weighted by Gasteiger charge is 2.35. The zero-order valence-corrected chi connectivity index (χ0v) is 15.3. The lowest BCUT2D eigenvalue weighted by molar-refractivity contribution is -0.00443. The van der Waals surface area contributed by atoms with E-state index in [1.807, 2.05) is 20.8 Å². The molecule has 1 rings (SSSR count). The number of nitrogens with one attached hydrogen (secondary N) is 1. The Kier molecular flexibility index (Phi) is 8.29. The lowest BCUT2D eigenvalue weighted by atomic mass is 9.88. The third kappa shape index (κ3) is 7.99. The summed E-state index contributed by atoms with van der Waals surface area (Å²) in [5, 5.41) is 12.2. The second-order valence-electron chi connectivity index (χ2n) is 7.63. The lowest BCUT2D eigenvalue weighted by Gasteiger charge is -2.41. The van der Waals surface area contributed by atoms with Gasteiger partial charge in [0, 0.05) is 25.7 Å². The standard InChI is InChI=1S/C17H34N2O4/c1-13(2)15(18-6-8-22-9-7-20)10-14-11-19(12-14)16(21)23-17(3,4)5/h13-15,18,20H,6-12H2,1-5H3. The van der Waals surface area contributed by atoms with Gasteiger partial charge in [-0.1, -0.05) is 13.8 Å². The van der Waals surface area contributed by atoms with Gasteiger partial charge in [0.25, 0.3) is 0 Å². The first-order valence-electron chi connectivity index (χ1n) is 8.63. The largest absolute Gasteiger partial charge is 0.444 e. The van der Waals surface area contributed by atoms with Gasteiger partial charge >= 0.3 is 6.09 Å². The molecule has 6 heteroatoms. The van der Waals surface area contributed by atoms with Gasteiger partial charge in [-0.3, -0.25) is 0 Å². The minimum atomic E-state index is -0.432. The molecule has 1 aliphatic rings. The highest BCUT2D eigenvalue weighted by Crippen LogP contribution is 2.25. The van der Waals surface area contributed by atoms with Crippen molar-refractivity contribution >= 4 is 6.09 Å². The fraction of sp³-hybridized carbons (Fsp3) is 0.941. The monoisotopic (exact) mass is 330 g/mol. The Morgan fingerprint density at radius 3 is 2.48 bits per heavy atom. The SMILES string of the molecule is CC(C)C(CC1CN(C(=O)OC(C)(C)C)C1)NCCOCCO. The molecule has 1 fully saturated rings. The van der Waals surface area contributed by atoms with Crippen molar-refractivity contribution in [3.8, 4) is 0 Å². The maximum absolute atomic E-state index is 11.9. The first-order chi connectivity index (χ1) is 10.7. The molecule has 23 heavy (non-hydrogen) atoms. The average molecular weight is 330 g/mol. The van der Waals surface area contributed by atoms with E-state index in [0.29, 0.717) is 31.1 Å². The molecule has 0 aromatic rings. The van der Waals surface area contributed by atoms with E-state index >= 15 is 0 Å². The Morgan fingerprint density at radius 2 is 1.96 bits per heavy atom. The number of carbonyl (C=O) groups excluding carboxylic acids is 1. The Balaban J connectivity index is 2.25. The summed E-state index contributed by atoms with van der Waals surface area (Å²) >= 11 is 0. The van der Waals surface area contributed by atoms with Crippen molar-refractivity contribution in [2.45, 2.75) is 52.7 Å². The maximum Gasteiger partial charge on any atom is 0.410 e. The molecule has 0 spiro atoms. The fourth-order valence-corrected chi connectivity index (χ4v) is 2.63. The van der Waals surface area contributed by atoms with Crippen molar-refractivity contribution in [3.63, 3.8) is 0 Å². The number of hydrogen-bond acceptors (Lipinski definition) is 5. The molecule has 6 nitrogen and oxygen atoms in total. The molecule has 1 atom stereocenters. The molecule has 0 bridgehead atoms. The van der Waals surface area contributed by atoms with Crippen LogP contribution in [0.5, 0.6) is 0 Å². The van der Waals surface area contributed by atoms with Crippen LogP contribution in [0.3, 0.4) is 0 Å². The van der Waals surface area contributed by atoms with E-state index in [2.05, 4.69) is 19.2 Å². The molecule has 0 aromatic heterocycles. The number of nitrogens with zero attached hydrogens (tertiary/aromatic N) is 1. The van der Waals surface area contributed by atoms with E-state index in [9.17, 15) is 4.79 Å². The third-order valence-corrected chi connectivity index (χ3v) is 3.89. The summed E-state index contributed by atoms with van der Waals surface area (Å²) in [6.07, 6.45) is 0.844. The third-order valence-electron chi connectivity index (χ3n) is 3.89. The second kappa shape index (κ2) is 9.45. The highest BCUT2D eigenvalue weighted by molar-refractivity contribution is 5.69. The summed E-state index contributed by atoms with van der Waals surface area (Å²) < 4.78 is 10.7. The minimum absolute atomic E-state index is 0.0657. The molecule has 0 saturated carbocycles. The van der Waals surface area contributed by atoms with Crippen molar-refractivity contribution in [1.29, 1.82) is 0 Å². The number of ether oxygens (including phenoxy) is 2. The van der Waals surface area contributed by atoms with E-state index < -0.39 is 5.60 Å². The van der Waals surface area contributed by atoms with Gasteiger partial charge in [0.15, 0.2) is 0 Å². The lowest BCUT2D eigenvalue weighted by Crippen LogP contribution is -2.53. The Bertz CT molecular complexity index is 349. The van der Waals surface area contributed by atoms with Crippen molar-refractivity contribution < 1.29 is 19.4 Å². The van der Waals surface area contributed by atoms with Gasteiger partial charge < -0.3 is 24.8 Å². The van der Waals surface area contributed by atoms with Crippen LogP contribution in [-0.4, -0.2) is 67.2 Å². The molecule has 1 saturated heterocycles. The molecule has 136 valence electrons. The molecule has 1 heterocycles. The Labute approximate surface area is 140 Å². The zero-order valence-electron chi connectivity index (χ0n) is 15.3. The normalized spacial score (nSPS) is 17.3. The molecular weight excluding hydrogens is 296 g/mol. The molecule has 2 N–H and O–H groups in total. The molecule has 1 unspecified atom stereocenters. The summed E-state index contributed by atoms with van der Waals surface area (Å²) in [6.45, 7) is 13.5. The van der Waals surface area contributed by atoms with Gasteiger partial charge in [-0.05, 0) is 39.0 Å². The first-order valence-corrected chi connectivity index (χ1v) is 8.63. The molecule has 0 aliphatic carbocycles. The highest BCUT2D eigenvalue weighted by atomic mass is 16.6. The molecule has 0 aromatic carbocycles. The minimum Gasteiger partial charge on any atom is -0.444 e. The predicted molar refractivity (Wildman–Crippen MR) is 90.4 cm³/mol. The van der Waals surface area contributed by atoms with E-state index in [-0.39, 0.29) is 12.7 Å². The topological polar surface area (TPSA) is 71.0 Å². The Hall–Kier alpha value is -0.850. The molecular formula is C17H34N2O4. The van der Waals surface area contributed by atoms with Crippen LogP contribution >= 0.6 is 0 Å². The van der Waals surface area contributed by atoms with Gasteiger partial charge in [0.2, 0.25) is 0 Å². The van der Waals surface area contributed by atoms with E-state index in [1.165, 1.54) is 0 Å². The van der Waals surface area contributed by atoms with Gasteiger partial charge in [0.1, 0.15) is 5.60 Å². The van der Waals surface area contributed by atoms with Crippen LogP contribution < -0.4 is 5.32 Å². The quantitative estimate of drug-likeness (QED) is 0.632. The van der Waals surface area contributed by atoms with Crippen molar-refractivity contribution in [2.24, 2.45) is 11.8 Å². The van der Waals surface area contributed by atoms with Gasteiger partial charge in [-0.2, -0.15) is 0 Å². The van der Waals surface area contributed by atoms with Gasteiger partial charge in [-0.15, -0.1) is 0 Å². The van der Waals surface area contributed by atoms with Crippen molar-refractivity contribution in [1.82, 2.24) is 10.2 Å². The van der Waals surface area contributed by atoms with E-state index in [0.717, 1.165) is 26.1 Å². The zero-order chi connectivity index (χ0) is 17.5. The summed E-state index contributed by atoms with van der Waals surface area (Å²) in [7, 11) is 0. The fourth-order valence-electron chi connectivity index (χ4n) is 2.63. The van der Waals surface area contributed by atoms with Crippen LogP contribution in [0, 0.1) is 11.8 Å². The van der Waals surface area contributed by atoms with E-state index in [1.54, 1.807) is 4.90 Å². The molecule has 1 aliphatic heterocycles. The average Bonchev–Trinajstić information content (AvgIpc) is 2.36. The van der Waals surface area contributed by atoms with Crippen molar-refractivity contribution in [2.75, 3.05) is 39.5 Å². The number of aliphatic hydroxyl groups is 1. The maximum atomic E-state index is 11.9. The second-order valence-corrected chi connectivity index (χ2v) is 7.63. The van der Waals surface area contributed by atoms with Crippen LogP contribution in [0.2, 0.25) is 0 Å². The van der Waals surface area contributed by atoms with Crippen LogP contribution in [-0.2, 0) is 9.47 Å². The number of likely N-dealkylation sites (tertiary alicyclic amines) is 1.